The average molecular weight is 271 g/mol. The van der Waals surface area contributed by atoms with E-state index in [1.807, 2.05) is 25.3 Å². The zero-order valence-corrected chi connectivity index (χ0v) is 11.9. The van der Waals surface area contributed by atoms with Crippen LogP contribution in [0.25, 0.3) is 5.57 Å². The van der Waals surface area contributed by atoms with Crippen LogP contribution in [0.2, 0.25) is 0 Å². The summed E-state index contributed by atoms with van der Waals surface area (Å²) in [5.41, 5.74) is 3.60. The van der Waals surface area contributed by atoms with Crippen molar-refractivity contribution >= 4 is 11.8 Å². The third-order valence-corrected chi connectivity index (χ3v) is 4.25. The van der Waals surface area contributed by atoms with Crippen LogP contribution in [-0.2, 0) is 4.74 Å². The quantitative estimate of drug-likeness (QED) is 0.896. The van der Waals surface area contributed by atoms with Crippen molar-refractivity contribution in [1.82, 2.24) is 0 Å². The molecule has 1 saturated heterocycles. The summed E-state index contributed by atoms with van der Waals surface area (Å²) in [6, 6.07) is 5.58. The summed E-state index contributed by atoms with van der Waals surface area (Å²) >= 11 is 0. The second kappa shape index (κ2) is 5.80. The van der Waals surface area contributed by atoms with Gasteiger partial charge in [-0.2, -0.15) is 0 Å². The molecule has 0 spiro atoms. The highest BCUT2D eigenvalue weighted by Crippen LogP contribution is 2.35. The first-order valence-electron chi connectivity index (χ1n) is 7.37. The fourth-order valence-electron chi connectivity index (χ4n) is 3.19. The Labute approximate surface area is 120 Å². The second-order valence-corrected chi connectivity index (χ2v) is 5.65. The molecule has 0 saturated carbocycles. The number of phenols is 1. The highest BCUT2D eigenvalue weighted by atomic mass is 16.5. The molecule has 3 nitrogen and oxygen atoms in total. The van der Waals surface area contributed by atoms with Gasteiger partial charge in [0, 0.05) is 25.3 Å². The summed E-state index contributed by atoms with van der Waals surface area (Å²) in [5, 5.41) is 9.58. The summed E-state index contributed by atoms with van der Waals surface area (Å²) in [6.07, 6.45) is 7.80. The highest BCUT2D eigenvalue weighted by molar-refractivity contribution is 5.88. The maximum Gasteiger partial charge on any atom is 0.115 e. The van der Waals surface area contributed by atoms with Crippen LogP contribution in [-0.4, -0.2) is 30.6 Å². The number of benzene rings is 1. The van der Waals surface area contributed by atoms with Gasteiger partial charge in [-0.3, -0.25) is 4.99 Å². The lowest BCUT2D eigenvalue weighted by molar-refractivity contribution is -0.00457. The van der Waals surface area contributed by atoms with Gasteiger partial charge in [0.2, 0.25) is 0 Å². The van der Waals surface area contributed by atoms with E-state index in [0.717, 1.165) is 25.1 Å². The predicted octanol–water partition coefficient (Wildman–Crippen LogP) is 3.35. The Balaban J connectivity index is 1.91. The minimum Gasteiger partial charge on any atom is -0.508 e. The fraction of sp³-hybridized carbons (Fsp3) is 0.471. The molecular weight excluding hydrogens is 250 g/mol. The van der Waals surface area contributed by atoms with E-state index in [9.17, 15) is 5.11 Å². The maximum atomic E-state index is 9.58. The van der Waals surface area contributed by atoms with Gasteiger partial charge in [0.05, 0.1) is 6.10 Å². The summed E-state index contributed by atoms with van der Waals surface area (Å²) in [4.78, 5) is 4.43. The zero-order valence-electron chi connectivity index (χ0n) is 11.9. The summed E-state index contributed by atoms with van der Waals surface area (Å²) in [7, 11) is 0. The van der Waals surface area contributed by atoms with E-state index >= 15 is 0 Å². The van der Waals surface area contributed by atoms with Crippen LogP contribution in [0.5, 0.6) is 5.75 Å². The molecule has 106 valence electrons. The van der Waals surface area contributed by atoms with Crippen molar-refractivity contribution < 1.29 is 9.84 Å². The van der Waals surface area contributed by atoms with Gasteiger partial charge in [-0.05, 0) is 61.1 Å². The van der Waals surface area contributed by atoms with Gasteiger partial charge >= 0.3 is 0 Å². The van der Waals surface area contributed by atoms with Crippen LogP contribution in [0, 0.1) is 12.8 Å². The van der Waals surface area contributed by atoms with Crippen LogP contribution in [0.3, 0.4) is 0 Å². The number of ether oxygens (including phenoxy) is 1. The number of dihydropyridines is 1. The molecule has 2 atom stereocenters. The van der Waals surface area contributed by atoms with E-state index in [4.69, 9.17) is 4.74 Å². The molecule has 2 aliphatic rings. The van der Waals surface area contributed by atoms with Gasteiger partial charge in [0.15, 0.2) is 0 Å². The first kappa shape index (κ1) is 13.4. The van der Waals surface area contributed by atoms with E-state index in [1.165, 1.54) is 24.0 Å². The number of phenolic OH excluding ortho intramolecular Hbond substituents is 1. The molecule has 0 aliphatic carbocycles. The minimum absolute atomic E-state index is 0.278. The highest BCUT2D eigenvalue weighted by Gasteiger charge is 2.29. The molecule has 1 aromatic rings. The number of aliphatic imine (C=N–C) groups is 1. The molecule has 3 heteroatoms. The minimum atomic E-state index is 0.278. The van der Waals surface area contributed by atoms with Crippen LogP contribution in [0.4, 0.5) is 0 Å². The SMILES string of the molecule is Cc1cc(O)ccc1C1=CC=NCC1C1CCCCO1. The molecule has 2 aliphatic heterocycles. The molecule has 1 N–H and O–H groups in total. The van der Waals surface area contributed by atoms with Crippen LogP contribution >= 0.6 is 0 Å². The average Bonchev–Trinajstić information content (AvgIpc) is 2.48. The van der Waals surface area contributed by atoms with Gasteiger partial charge in [-0.1, -0.05) is 6.07 Å². The molecule has 1 fully saturated rings. The molecule has 0 bridgehead atoms. The first-order valence-corrected chi connectivity index (χ1v) is 7.37. The molecule has 3 rings (SSSR count). The van der Waals surface area contributed by atoms with Crippen molar-refractivity contribution in [3.05, 3.63) is 35.4 Å². The van der Waals surface area contributed by atoms with Gasteiger partial charge in [0.1, 0.15) is 5.75 Å². The number of allylic oxidation sites excluding steroid dienone is 1. The molecule has 2 heterocycles. The number of rotatable bonds is 2. The Morgan fingerprint density at radius 1 is 1.30 bits per heavy atom. The molecule has 0 radical (unpaired) electrons. The largest absolute Gasteiger partial charge is 0.508 e. The molecule has 20 heavy (non-hydrogen) atoms. The molecule has 0 aromatic heterocycles. The Morgan fingerprint density at radius 2 is 2.20 bits per heavy atom. The van der Waals surface area contributed by atoms with Gasteiger partial charge in [0.25, 0.3) is 0 Å². The molecule has 2 unspecified atom stereocenters. The van der Waals surface area contributed by atoms with Crippen LogP contribution < -0.4 is 0 Å². The van der Waals surface area contributed by atoms with E-state index in [-0.39, 0.29) is 6.10 Å². The van der Waals surface area contributed by atoms with Gasteiger partial charge in [-0.25, -0.2) is 0 Å². The van der Waals surface area contributed by atoms with Gasteiger partial charge in [-0.15, -0.1) is 0 Å². The van der Waals surface area contributed by atoms with Crippen molar-refractivity contribution in [3.63, 3.8) is 0 Å². The van der Waals surface area contributed by atoms with E-state index in [1.54, 1.807) is 6.07 Å². The Kier molecular flexibility index (Phi) is 3.88. The Morgan fingerprint density at radius 3 is 2.95 bits per heavy atom. The van der Waals surface area contributed by atoms with Crippen molar-refractivity contribution in [2.45, 2.75) is 32.3 Å². The van der Waals surface area contributed by atoms with Crippen molar-refractivity contribution in [3.8, 4) is 5.75 Å². The molecular formula is C17H21NO2. The summed E-state index contributed by atoms with van der Waals surface area (Å²) in [6.45, 7) is 3.71. The maximum absolute atomic E-state index is 9.58. The fourth-order valence-corrected chi connectivity index (χ4v) is 3.19. The number of nitrogens with zero attached hydrogens (tertiary/aromatic N) is 1. The van der Waals surface area contributed by atoms with E-state index < -0.39 is 0 Å². The number of aryl methyl sites for hydroxylation is 1. The van der Waals surface area contributed by atoms with E-state index in [0.29, 0.717) is 11.7 Å². The lowest BCUT2D eigenvalue weighted by atomic mass is 9.82. The van der Waals surface area contributed by atoms with Crippen LogP contribution in [0.1, 0.15) is 30.4 Å². The lowest BCUT2D eigenvalue weighted by Crippen LogP contribution is -2.32. The Bertz CT molecular complexity index is 542. The van der Waals surface area contributed by atoms with Crippen molar-refractivity contribution in [1.29, 1.82) is 0 Å². The smallest absolute Gasteiger partial charge is 0.115 e. The Hall–Kier alpha value is -1.61. The lowest BCUT2D eigenvalue weighted by Gasteiger charge is -2.33. The molecule has 1 aromatic carbocycles. The predicted molar refractivity (Wildman–Crippen MR) is 81.3 cm³/mol. The zero-order chi connectivity index (χ0) is 13.9. The number of hydrogen-bond donors (Lipinski definition) is 1. The first-order chi connectivity index (χ1) is 9.75. The summed E-state index contributed by atoms with van der Waals surface area (Å²) in [5.74, 6) is 0.658. The van der Waals surface area contributed by atoms with Crippen molar-refractivity contribution in [2.24, 2.45) is 10.9 Å². The monoisotopic (exact) mass is 271 g/mol. The van der Waals surface area contributed by atoms with Crippen molar-refractivity contribution in [2.75, 3.05) is 13.2 Å². The normalized spacial score (nSPS) is 26.4. The summed E-state index contributed by atoms with van der Waals surface area (Å²) < 4.78 is 5.97. The molecule has 0 amide bonds. The van der Waals surface area contributed by atoms with Gasteiger partial charge < -0.3 is 9.84 Å². The standard InChI is InChI=1S/C17H21NO2/c1-12-10-13(19)5-6-14(12)15-7-8-18-11-16(15)17-4-2-3-9-20-17/h5-8,10,16-17,19H,2-4,9,11H2,1H3. The number of aromatic hydroxyl groups is 1. The third kappa shape index (κ3) is 2.63. The third-order valence-electron chi connectivity index (χ3n) is 4.25. The van der Waals surface area contributed by atoms with E-state index in [2.05, 4.69) is 11.1 Å². The topological polar surface area (TPSA) is 41.8 Å². The number of hydrogen-bond acceptors (Lipinski definition) is 3. The second-order valence-electron chi connectivity index (χ2n) is 5.65. The van der Waals surface area contributed by atoms with Crippen LogP contribution in [0.15, 0.2) is 29.3 Å².